The maximum Gasteiger partial charge on any atom is 0.319 e. The van der Waals surface area contributed by atoms with Crippen molar-refractivity contribution in [1.29, 1.82) is 0 Å². The minimum absolute atomic E-state index is 0.156. The van der Waals surface area contributed by atoms with Gasteiger partial charge in [0.25, 0.3) is 0 Å². The van der Waals surface area contributed by atoms with Gasteiger partial charge in [-0.1, -0.05) is 42.5 Å². The highest BCUT2D eigenvalue weighted by Gasteiger charge is 2.41. The van der Waals surface area contributed by atoms with E-state index in [1.807, 2.05) is 42.5 Å². The van der Waals surface area contributed by atoms with Crippen molar-refractivity contribution in [2.45, 2.75) is 13.3 Å². The molecule has 0 radical (unpaired) electrons. The summed E-state index contributed by atoms with van der Waals surface area (Å²) in [6, 6.07) is 13.5. The van der Waals surface area contributed by atoms with Gasteiger partial charge < -0.3 is 10.4 Å². The monoisotopic (exact) mass is 271 g/mol. The molecule has 0 heterocycles. The van der Waals surface area contributed by atoms with Crippen molar-refractivity contribution in [2.24, 2.45) is 5.41 Å². The van der Waals surface area contributed by atoms with E-state index in [4.69, 9.17) is 0 Å². The average molecular weight is 271 g/mol. The molecule has 0 saturated heterocycles. The van der Waals surface area contributed by atoms with Crippen LogP contribution in [0.3, 0.4) is 0 Å². The van der Waals surface area contributed by atoms with Gasteiger partial charge in [0.1, 0.15) is 5.41 Å². The maximum absolute atomic E-state index is 11.9. The first-order chi connectivity index (χ1) is 9.49. The van der Waals surface area contributed by atoms with E-state index in [2.05, 4.69) is 5.32 Å². The molecular weight excluding hydrogens is 254 g/mol. The first-order valence-corrected chi connectivity index (χ1v) is 6.41. The van der Waals surface area contributed by atoms with E-state index < -0.39 is 17.3 Å². The number of fused-ring (bicyclic) bond motifs is 1. The molecule has 1 amide bonds. The molecule has 0 aromatic heterocycles. The van der Waals surface area contributed by atoms with Crippen LogP contribution >= 0.6 is 0 Å². The fourth-order valence-corrected chi connectivity index (χ4v) is 2.36. The molecule has 4 nitrogen and oxygen atoms in total. The Bertz CT molecular complexity index is 660. The molecule has 0 fully saturated rings. The van der Waals surface area contributed by atoms with E-state index >= 15 is 0 Å². The number of carbonyl (C=O) groups is 2. The van der Waals surface area contributed by atoms with Crippen molar-refractivity contribution >= 4 is 22.6 Å². The lowest BCUT2D eigenvalue weighted by Crippen LogP contribution is -2.44. The van der Waals surface area contributed by atoms with Gasteiger partial charge in [0.2, 0.25) is 5.91 Å². The standard InChI is InChI=1S/C16H17NO3/c1-16(15(19)20,14(18)17-2)10-12-8-5-7-11-6-3-4-9-13(11)12/h3-9H,10H2,1-2H3,(H,17,18)(H,19,20). The van der Waals surface area contributed by atoms with Crippen LogP contribution in [0.4, 0.5) is 0 Å². The molecule has 2 aromatic carbocycles. The number of benzene rings is 2. The molecule has 0 saturated carbocycles. The molecule has 2 N–H and O–H groups in total. The molecule has 4 heteroatoms. The zero-order chi connectivity index (χ0) is 14.8. The van der Waals surface area contributed by atoms with Crippen LogP contribution in [0.15, 0.2) is 42.5 Å². The van der Waals surface area contributed by atoms with Crippen molar-refractivity contribution in [1.82, 2.24) is 5.32 Å². The van der Waals surface area contributed by atoms with Gasteiger partial charge in [-0.15, -0.1) is 0 Å². The summed E-state index contributed by atoms with van der Waals surface area (Å²) >= 11 is 0. The van der Waals surface area contributed by atoms with Gasteiger partial charge in [0.15, 0.2) is 0 Å². The van der Waals surface area contributed by atoms with Gasteiger partial charge in [-0.25, -0.2) is 0 Å². The fraction of sp³-hybridized carbons (Fsp3) is 0.250. The van der Waals surface area contributed by atoms with E-state index in [1.54, 1.807) is 0 Å². The summed E-state index contributed by atoms with van der Waals surface area (Å²) in [6.45, 7) is 1.45. The summed E-state index contributed by atoms with van der Waals surface area (Å²) in [5.41, 5.74) is -0.615. The quantitative estimate of drug-likeness (QED) is 0.838. The topological polar surface area (TPSA) is 66.4 Å². The van der Waals surface area contributed by atoms with Gasteiger partial charge in [0, 0.05) is 7.05 Å². The number of hydrogen-bond acceptors (Lipinski definition) is 2. The Hall–Kier alpha value is -2.36. The zero-order valence-corrected chi connectivity index (χ0v) is 11.5. The van der Waals surface area contributed by atoms with E-state index in [0.717, 1.165) is 16.3 Å². The summed E-state index contributed by atoms with van der Waals surface area (Å²) in [5.74, 6) is -1.61. The molecule has 1 unspecified atom stereocenters. The Morgan fingerprint density at radius 3 is 2.45 bits per heavy atom. The van der Waals surface area contributed by atoms with Crippen molar-refractivity contribution in [3.8, 4) is 0 Å². The molecule has 0 bridgehead atoms. The SMILES string of the molecule is CNC(=O)C(C)(Cc1cccc2ccccc12)C(=O)O. The molecule has 2 rings (SSSR count). The Balaban J connectivity index is 2.49. The smallest absolute Gasteiger partial charge is 0.319 e. The highest BCUT2D eigenvalue weighted by atomic mass is 16.4. The second-order valence-corrected chi connectivity index (χ2v) is 5.03. The third-order valence-corrected chi connectivity index (χ3v) is 3.62. The molecule has 20 heavy (non-hydrogen) atoms. The zero-order valence-electron chi connectivity index (χ0n) is 11.5. The van der Waals surface area contributed by atoms with Crippen LogP contribution < -0.4 is 5.32 Å². The number of aliphatic carboxylic acids is 1. The molecular formula is C16H17NO3. The van der Waals surface area contributed by atoms with Gasteiger partial charge in [-0.05, 0) is 29.7 Å². The lowest BCUT2D eigenvalue weighted by atomic mass is 9.81. The van der Waals surface area contributed by atoms with Crippen LogP contribution in [0.2, 0.25) is 0 Å². The Kier molecular flexibility index (Phi) is 3.74. The average Bonchev–Trinajstić information content (AvgIpc) is 2.46. The molecule has 2 aromatic rings. The number of amides is 1. The Morgan fingerprint density at radius 1 is 1.15 bits per heavy atom. The second-order valence-electron chi connectivity index (χ2n) is 5.03. The van der Waals surface area contributed by atoms with E-state index in [-0.39, 0.29) is 6.42 Å². The van der Waals surface area contributed by atoms with Gasteiger partial charge in [-0.3, -0.25) is 9.59 Å². The minimum Gasteiger partial charge on any atom is -0.480 e. The molecule has 0 aliphatic heterocycles. The molecule has 0 aliphatic rings. The lowest BCUT2D eigenvalue weighted by molar-refractivity contribution is -0.154. The third kappa shape index (κ3) is 2.37. The number of nitrogens with one attached hydrogen (secondary N) is 1. The second kappa shape index (κ2) is 5.33. The molecule has 0 spiro atoms. The summed E-state index contributed by atoms with van der Waals surface area (Å²) in [7, 11) is 1.45. The van der Waals surface area contributed by atoms with E-state index in [1.165, 1.54) is 14.0 Å². The summed E-state index contributed by atoms with van der Waals surface area (Å²) < 4.78 is 0. The van der Waals surface area contributed by atoms with Crippen molar-refractivity contribution < 1.29 is 14.7 Å². The third-order valence-electron chi connectivity index (χ3n) is 3.62. The van der Waals surface area contributed by atoms with Crippen molar-refractivity contribution in [2.75, 3.05) is 7.05 Å². The molecule has 1 atom stereocenters. The van der Waals surface area contributed by atoms with Crippen LogP contribution in [0, 0.1) is 5.41 Å². The van der Waals surface area contributed by atoms with Crippen LogP contribution in [-0.2, 0) is 16.0 Å². The number of carboxylic acid groups (broad SMARTS) is 1. The van der Waals surface area contributed by atoms with Crippen molar-refractivity contribution in [3.05, 3.63) is 48.0 Å². The summed E-state index contributed by atoms with van der Waals surface area (Å²) in [6.07, 6.45) is 0.156. The van der Waals surface area contributed by atoms with Crippen LogP contribution in [0.1, 0.15) is 12.5 Å². The summed E-state index contributed by atoms with van der Waals surface area (Å²) in [5, 5.41) is 13.9. The molecule has 104 valence electrons. The Labute approximate surface area is 117 Å². The van der Waals surface area contributed by atoms with Gasteiger partial charge >= 0.3 is 5.97 Å². The van der Waals surface area contributed by atoms with E-state index in [9.17, 15) is 14.7 Å². The van der Waals surface area contributed by atoms with Gasteiger partial charge in [0.05, 0.1) is 0 Å². The van der Waals surface area contributed by atoms with Crippen LogP contribution in [0.25, 0.3) is 10.8 Å². The minimum atomic E-state index is -1.47. The highest BCUT2D eigenvalue weighted by Crippen LogP contribution is 2.28. The number of rotatable bonds is 4. The normalized spacial score (nSPS) is 13.7. The van der Waals surface area contributed by atoms with Gasteiger partial charge in [-0.2, -0.15) is 0 Å². The van der Waals surface area contributed by atoms with Crippen molar-refractivity contribution in [3.63, 3.8) is 0 Å². The first kappa shape index (κ1) is 14.1. The predicted molar refractivity (Wildman–Crippen MR) is 77.5 cm³/mol. The maximum atomic E-state index is 11.9. The predicted octanol–water partition coefficient (Wildman–Crippen LogP) is 2.22. The lowest BCUT2D eigenvalue weighted by Gasteiger charge is -2.23. The fourth-order valence-electron chi connectivity index (χ4n) is 2.36. The first-order valence-electron chi connectivity index (χ1n) is 6.41. The largest absolute Gasteiger partial charge is 0.480 e. The number of carbonyl (C=O) groups excluding carboxylic acids is 1. The summed E-state index contributed by atoms with van der Waals surface area (Å²) in [4.78, 5) is 23.4. The highest BCUT2D eigenvalue weighted by molar-refractivity contribution is 6.02. The Morgan fingerprint density at radius 2 is 1.80 bits per heavy atom. The number of hydrogen-bond donors (Lipinski definition) is 2. The number of carboxylic acids is 1. The van der Waals surface area contributed by atoms with E-state index in [0.29, 0.717) is 0 Å². The van der Waals surface area contributed by atoms with Crippen LogP contribution in [0.5, 0.6) is 0 Å². The molecule has 0 aliphatic carbocycles. The van der Waals surface area contributed by atoms with Crippen LogP contribution in [-0.4, -0.2) is 24.0 Å².